The highest BCUT2D eigenvalue weighted by molar-refractivity contribution is 6.07. The minimum absolute atomic E-state index is 0.216. The van der Waals surface area contributed by atoms with E-state index in [1.54, 1.807) is 14.2 Å². The number of unbranched alkanes of at least 4 members (excludes halogenated alkanes) is 1. The lowest BCUT2D eigenvalue weighted by atomic mass is 9.69. The van der Waals surface area contributed by atoms with Gasteiger partial charge < -0.3 is 29.4 Å². The third-order valence-electron chi connectivity index (χ3n) is 9.51. The first-order valence-corrected chi connectivity index (χ1v) is 16.3. The molecule has 0 spiro atoms. The molecular formula is C36H47N5O4. The summed E-state index contributed by atoms with van der Waals surface area (Å²) < 4.78 is 19.1. The van der Waals surface area contributed by atoms with Crippen molar-refractivity contribution in [1.29, 1.82) is 0 Å². The Morgan fingerprint density at radius 3 is 2.60 bits per heavy atom. The molecule has 2 N–H and O–H groups in total. The Balaban J connectivity index is 1.30. The molecule has 2 heterocycles. The van der Waals surface area contributed by atoms with E-state index in [1.807, 2.05) is 45.0 Å². The Labute approximate surface area is 266 Å². The van der Waals surface area contributed by atoms with Crippen LogP contribution in [-0.4, -0.2) is 47.0 Å². The summed E-state index contributed by atoms with van der Waals surface area (Å²) in [6.45, 7) is 10.1. The minimum Gasteiger partial charge on any atom is -0.497 e. The summed E-state index contributed by atoms with van der Waals surface area (Å²) in [5.74, 6) is 4.55. The molecule has 0 unspecified atom stereocenters. The maximum atomic E-state index is 12.4. The molecule has 1 amide bonds. The van der Waals surface area contributed by atoms with Crippen molar-refractivity contribution in [3.8, 4) is 11.5 Å². The van der Waals surface area contributed by atoms with Gasteiger partial charge in [-0.1, -0.05) is 31.5 Å². The van der Waals surface area contributed by atoms with Gasteiger partial charge in [-0.3, -0.25) is 0 Å². The van der Waals surface area contributed by atoms with Crippen LogP contribution in [0.3, 0.4) is 0 Å². The topological polar surface area (TPSA) is 99.5 Å². The molecule has 2 aromatic carbocycles. The van der Waals surface area contributed by atoms with Gasteiger partial charge in [0.2, 0.25) is 0 Å². The summed E-state index contributed by atoms with van der Waals surface area (Å²) in [6.07, 6.45) is 6.27. The van der Waals surface area contributed by atoms with Gasteiger partial charge in [-0.25, -0.2) is 14.8 Å². The first kappa shape index (κ1) is 31.0. The van der Waals surface area contributed by atoms with Gasteiger partial charge in [-0.05, 0) is 81.9 Å². The highest BCUT2D eigenvalue weighted by atomic mass is 16.6. The number of pyridine rings is 1. The van der Waals surface area contributed by atoms with Gasteiger partial charge in [-0.15, -0.1) is 0 Å². The normalized spacial score (nSPS) is 20.7. The summed E-state index contributed by atoms with van der Waals surface area (Å²) >= 11 is 0. The number of carbonyl (C=O) groups is 1. The Morgan fingerprint density at radius 2 is 1.87 bits per heavy atom. The van der Waals surface area contributed by atoms with Crippen molar-refractivity contribution in [2.75, 3.05) is 26.1 Å². The number of nitrogens with one attached hydrogen (secondary N) is 2. The third-order valence-corrected chi connectivity index (χ3v) is 9.51. The van der Waals surface area contributed by atoms with Crippen LogP contribution < -0.4 is 20.1 Å². The van der Waals surface area contributed by atoms with Crippen LogP contribution >= 0.6 is 0 Å². The Kier molecular flexibility index (Phi) is 8.55. The number of amides is 1. The number of carbonyl (C=O) groups excluding carboxylic acids is 1. The molecule has 3 aliphatic carbocycles. The standard InChI is InChI=1S/C36H47N5O4/c1-7-8-13-30-40-31-32(41(30)22-36-17-24(18-36)25(19-36)21-38-34(42)45-35(2,3)4)27-11-9-10-12-28(27)39-33(31)37-20-23-14-15-26(43-5)16-29(23)44-6/h9-12,14-16,24-25H,7-8,13,17-22H2,1-6H3,(H,37,39)(H,38,42)/t24?,25-,36?/m1/s1. The van der Waals surface area contributed by atoms with Gasteiger partial charge in [0, 0.05) is 43.1 Å². The number of benzene rings is 2. The average molecular weight is 614 g/mol. The van der Waals surface area contributed by atoms with Crippen LogP contribution in [-0.2, 0) is 24.2 Å². The van der Waals surface area contributed by atoms with E-state index in [1.165, 1.54) is 12.8 Å². The zero-order valence-electron chi connectivity index (χ0n) is 27.5. The van der Waals surface area contributed by atoms with Gasteiger partial charge in [0.1, 0.15) is 28.4 Å². The largest absolute Gasteiger partial charge is 0.497 e. The molecule has 7 rings (SSSR count). The van der Waals surface area contributed by atoms with Gasteiger partial charge in [-0.2, -0.15) is 0 Å². The summed E-state index contributed by atoms with van der Waals surface area (Å²) in [6, 6.07) is 14.3. The van der Waals surface area contributed by atoms with Crippen molar-refractivity contribution in [3.63, 3.8) is 0 Å². The van der Waals surface area contributed by atoms with Crippen LogP contribution in [0.4, 0.5) is 10.6 Å². The maximum Gasteiger partial charge on any atom is 0.407 e. The number of imidazole rings is 1. The molecule has 4 aromatic rings. The number of hydrogen-bond acceptors (Lipinski definition) is 7. The number of ether oxygens (including phenoxy) is 3. The van der Waals surface area contributed by atoms with Gasteiger partial charge >= 0.3 is 6.09 Å². The molecular weight excluding hydrogens is 566 g/mol. The SMILES string of the molecule is CCCCc1nc2c(NCc3ccc(OC)cc3OC)nc3ccccc3c2n1CC12CC(C1)[C@@H](CNC(=O)OC(C)(C)C)C2. The quantitative estimate of drug-likeness (QED) is 0.171. The predicted molar refractivity (Wildman–Crippen MR) is 178 cm³/mol. The molecule has 3 fully saturated rings. The zero-order chi connectivity index (χ0) is 31.8. The van der Waals surface area contributed by atoms with E-state index in [2.05, 4.69) is 40.3 Å². The molecule has 3 aliphatic rings. The smallest absolute Gasteiger partial charge is 0.407 e. The molecule has 2 aromatic heterocycles. The van der Waals surface area contributed by atoms with Gasteiger partial charge in [0.25, 0.3) is 0 Å². The van der Waals surface area contributed by atoms with E-state index < -0.39 is 5.60 Å². The third kappa shape index (κ3) is 6.40. The second-order valence-electron chi connectivity index (χ2n) is 13.9. The Hall–Kier alpha value is -4.01. The highest BCUT2D eigenvalue weighted by Crippen LogP contribution is 2.62. The number of fused-ring (bicyclic) bond motifs is 4. The number of rotatable bonds is 12. The number of nitrogens with zero attached hydrogens (tertiary/aromatic N) is 3. The Morgan fingerprint density at radius 1 is 1.07 bits per heavy atom. The van der Waals surface area contributed by atoms with Crippen molar-refractivity contribution in [2.24, 2.45) is 17.3 Å². The Bertz CT molecular complexity index is 1680. The van der Waals surface area contributed by atoms with Crippen molar-refractivity contribution >= 4 is 33.8 Å². The van der Waals surface area contributed by atoms with Crippen LogP contribution in [0, 0.1) is 17.3 Å². The molecule has 3 saturated carbocycles. The summed E-state index contributed by atoms with van der Waals surface area (Å²) in [5.41, 5.74) is 3.76. The summed E-state index contributed by atoms with van der Waals surface area (Å²) in [4.78, 5) is 22.7. The van der Waals surface area contributed by atoms with E-state index in [4.69, 9.17) is 24.2 Å². The van der Waals surface area contributed by atoms with E-state index >= 15 is 0 Å². The lowest BCUT2D eigenvalue weighted by molar-refractivity contribution is 0.0515. The highest BCUT2D eigenvalue weighted by Gasteiger charge is 2.56. The first-order valence-electron chi connectivity index (χ1n) is 16.3. The maximum absolute atomic E-state index is 12.4. The number of methoxy groups -OCH3 is 2. The average Bonchev–Trinajstić information content (AvgIpc) is 3.66. The number of para-hydroxylation sites is 1. The molecule has 9 nitrogen and oxygen atoms in total. The second kappa shape index (κ2) is 12.4. The van der Waals surface area contributed by atoms with Crippen LogP contribution in [0.25, 0.3) is 21.9 Å². The number of aromatic nitrogens is 3. The molecule has 240 valence electrons. The predicted octanol–water partition coefficient (Wildman–Crippen LogP) is 7.50. The fourth-order valence-electron chi connectivity index (χ4n) is 7.45. The van der Waals surface area contributed by atoms with Crippen molar-refractivity contribution in [3.05, 3.63) is 53.9 Å². The number of hydrogen-bond donors (Lipinski definition) is 2. The molecule has 45 heavy (non-hydrogen) atoms. The van der Waals surface area contributed by atoms with Crippen molar-refractivity contribution in [1.82, 2.24) is 19.9 Å². The molecule has 0 aliphatic heterocycles. The number of alkyl carbamates (subject to hydrolysis) is 1. The second-order valence-corrected chi connectivity index (χ2v) is 13.9. The molecule has 9 heteroatoms. The number of aryl methyl sites for hydroxylation is 1. The fraction of sp³-hybridized carbons (Fsp3) is 0.528. The van der Waals surface area contributed by atoms with Gasteiger partial charge in [0.15, 0.2) is 5.82 Å². The van der Waals surface area contributed by atoms with Crippen molar-refractivity contribution in [2.45, 2.75) is 84.9 Å². The first-order chi connectivity index (χ1) is 21.6. The van der Waals surface area contributed by atoms with Crippen molar-refractivity contribution < 1.29 is 19.0 Å². The van der Waals surface area contributed by atoms with E-state index in [9.17, 15) is 4.79 Å². The van der Waals surface area contributed by atoms with Crippen LogP contribution in [0.5, 0.6) is 11.5 Å². The van der Waals surface area contributed by atoms with Crippen LogP contribution in [0.2, 0.25) is 0 Å². The van der Waals surface area contributed by atoms with Gasteiger partial charge in [0.05, 0.1) is 25.3 Å². The van der Waals surface area contributed by atoms with E-state index in [0.717, 1.165) is 82.9 Å². The molecule has 0 saturated heterocycles. The zero-order valence-corrected chi connectivity index (χ0v) is 27.5. The van der Waals surface area contributed by atoms with Crippen LogP contribution in [0.15, 0.2) is 42.5 Å². The minimum atomic E-state index is -0.494. The molecule has 1 atom stereocenters. The number of anilines is 1. The van der Waals surface area contributed by atoms with E-state index in [-0.39, 0.29) is 11.5 Å². The summed E-state index contributed by atoms with van der Waals surface area (Å²) in [5, 5.41) is 7.78. The molecule has 0 radical (unpaired) electrons. The lowest BCUT2D eigenvalue weighted by Gasteiger charge is -2.39. The lowest BCUT2D eigenvalue weighted by Crippen LogP contribution is -2.36. The fourth-order valence-corrected chi connectivity index (χ4v) is 7.45. The van der Waals surface area contributed by atoms with E-state index in [0.29, 0.717) is 24.9 Å². The summed E-state index contributed by atoms with van der Waals surface area (Å²) in [7, 11) is 3.34. The molecule has 2 bridgehead atoms. The van der Waals surface area contributed by atoms with Crippen LogP contribution in [0.1, 0.15) is 71.2 Å². The monoisotopic (exact) mass is 613 g/mol.